The Kier molecular flexibility index (Phi) is 3.20. The van der Waals surface area contributed by atoms with Gasteiger partial charge in [-0.15, -0.1) is 11.3 Å². The van der Waals surface area contributed by atoms with Crippen LogP contribution in [0.15, 0.2) is 11.6 Å². The lowest BCUT2D eigenvalue weighted by Gasteiger charge is -2.13. The highest BCUT2D eigenvalue weighted by Crippen LogP contribution is 2.26. The molecule has 0 saturated carbocycles. The number of nitrogen functional groups attached to an aromatic ring is 1. The number of aromatic amines is 1. The number of aryl methyl sites for hydroxylation is 1. The van der Waals surface area contributed by atoms with E-state index in [1.807, 2.05) is 19.2 Å². The number of H-pyrrole nitrogens is 1. The number of nitrogens with zero attached hydrogens (tertiary/aromatic N) is 4. The van der Waals surface area contributed by atoms with Gasteiger partial charge in [0.15, 0.2) is 5.65 Å². The highest BCUT2D eigenvalue weighted by Gasteiger charge is 2.14. The second-order valence-corrected chi connectivity index (χ2v) is 5.26. The predicted octanol–water partition coefficient (Wildman–Crippen LogP) is 1.58. The molecule has 0 aliphatic carbocycles. The van der Waals surface area contributed by atoms with Crippen molar-refractivity contribution in [3.63, 3.8) is 0 Å². The van der Waals surface area contributed by atoms with Crippen LogP contribution in [0.1, 0.15) is 23.7 Å². The summed E-state index contributed by atoms with van der Waals surface area (Å²) in [7, 11) is 0. The lowest BCUT2D eigenvalue weighted by Crippen LogP contribution is -2.13. The summed E-state index contributed by atoms with van der Waals surface area (Å²) in [5.74, 6) is 6.37. The van der Waals surface area contributed by atoms with E-state index in [4.69, 9.17) is 5.84 Å². The SMILES string of the molecule is Cc1csc(C(C)Nc2nc(NN)nc3[nH]ncc23)n1. The molecule has 0 bridgehead atoms. The first-order valence-electron chi connectivity index (χ1n) is 6.03. The Morgan fingerprint density at radius 1 is 1.35 bits per heavy atom. The van der Waals surface area contributed by atoms with E-state index in [0.717, 1.165) is 16.1 Å². The third-order valence-corrected chi connectivity index (χ3v) is 3.94. The topological polar surface area (TPSA) is 117 Å². The average Bonchev–Trinajstić information content (AvgIpc) is 3.06. The van der Waals surface area contributed by atoms with Crippen LogP contribution in [0.3, 0.4) is 0 Å². The summed E-state index contributed by atoms with van der Waals surface area (Å²) in [5, 5.41) is 13.9. The molecule has 0 aromatic carbocycles. The van der Waals surface area contributed by atoms with Gasteiger partial charge >= 0.3 is 0 Å². The van der Waals surface area contributed by atoms with Crippen molar-refractivity contribution < 1.29 is 0 Å². The van der Waals surface area contributed by atoms with Gasteiger partial charge in [0.1, 0.15) is 10.8 Å². The maximum Gasteiger partial charge on any atom is 0.241 e. The van der Waals surface area contributed by atoms with Crippen LogP contribution in [0.25, 0.3) is 11.0 Å². The van der Waals surface area contributed by atoms with Gasteiger partial charge in [0.05, 0.1) is 17.6 Å². The van der Waals surface area contributed by atoms with Gasteiger partial charge in [-0.05, 0) is 13.8 Å². The Hall–Kier alpha value is -2.26. The highest BCUT2D eigenvalue weighted by molar-refractivity contribution is 7.09. The van der Waals surface area contributed by atoms with Crippen molar-refractivity contribution in [2.24, 2.45) is 5.84 Å². The third-order valence-electron chi connectivity index (χ3n) is 2.80. The molecule has 3 aromatic rings. The van der Waals surface area contributed by atoms with Crippen LogP contribution in [0.4, 0.5) is 11.8 Å². The van der Waals surface area contributed by atoms with Crippen LogP contribution in [-0.2, 0) is 0 Å². The van der Waals surface area contributed by atoms with Crippen molar-refractivity contribution in [1.82, 2.24) is 25.1 Å². The van der Waals surface area contributed by atoms with Crippen molar-refractivity contribution >= 4 is 34.1 Å². The Labute approximate surface area is 118 Å². The molecule has 20 heavy (non-hydrogen) atoms. The first-order chi connectivity index (χ1) is 9.67. The molecular formula is C11H14N8S. The van der Waals surface area contributed by atoms with Crippen LogP contribution in [0, 0.1) is 6.92 Å². The first-order valence-corrected chi connectivity index (χ1v) is 6.91. The minimum absolute atomic E-state index is 0.0346. The van der Waals surface area contributed by atoms with Crippen molar-refractivity contribution in [1.29, 1.82) is 0 Å². The van der Waals surface area contributed by atoms with E-state index >= 15 is 0 Å². The smallest absolute Gasteiger partial charge is 0.241 e. The molecule has 0 radical (unpaired) electrons. The van der Waals surface area contributed by atoms with Crippen LogP contribution >= 0.6 is 11.3 Å². The van der Waals surface area contributed by atoms with Gasteiger partial charge < -0.3 is 5.32 Å². The Balaban J connectivity index is 1.95. The molecule has 3 rings (SSSR count). The zero-order valence-electron chi connectivity index (χ0n) is 11.0. The summed E-state index contributed by atoms with van der Waals surface area (Å²) in [6.07, 6.45) is 1.68. The molecule has 9 heteroatoms. The second kappa shape index (κ2) is 5.02. The number of hydrogen-bond donors (Lipinski definition) is 4. The van der Waals surface area contributed by atoms with Gasteiger partial charge in [0, 0.05) is 11.1 Å². The maximum atomic E-state index is 5.38. The standard InChI is InChI=1S/C11H14N8S/c1-5-4-20-10(14-5)6(2)15-8-7-3-13-19-9(7)17-11(16-8)18-12/h3-4,6H,12H2,1-2H3,(H3,13,15,16,17,18,19). The number of nitrogens with one attached hydrogen (secondary N) is 3. The summed E-state index contributed by atoms with van der Waals surface area (Å²) in [4.78, 5) is 13.0. The number of aromatic nitrogens is 5. The minimum Gasteiger partial charge on any atom is -0.360 e. The molecule has 0 amide bonds. The zero-order valence-corrected chi connectivity index (χ0v) is 11.8. The van der Waals surface area contributed by atoms with Crippen molar-refractivity contribution in [2.45, 2.75) is 19.9 Å². The van der Waals surface area contributed by atoms with Crippen LogP contribution in [0.5, 0.6) is 0 Å². The van der Waals surface area contributed by atoms with Gasteiger partial charge in [-0.3, -0.25) is 10.5 Å². The molecule has 3 aromatic heterocycles. The molecular weight excluding hydrogens is 276 g/mol. The lowest BCUT2D eigenvalue weighted by molar-refractivity contribution is 0.856. The Morgan fingerprint density at radius 3 is 2.90 bits per heavy atom. The van der Waals surface area contributed by atoms with Gasteiger partial charge in [-0.1, -0.05) is 0 Å². The number of hydrazine groups is 1. The van der Waals surface area contributed by atoms with Gasteiger partial charge in [0.2, 0.25) is 5.95 Å². The van der Waals surface area contributed by atoms with Crippen molar-refractivity contribution in [3.8, 4) is 0 Å². The third kappa shape index (κ3) is 2.28. The summed E-state index contributed by atoms with van der Waals surface area (Å²) < 4.78 is 0. The van der Waals surface area contributed by atoms with E-state index < -0.39 is 0 Å². The zero-order chi connectivity index (χ0) is 14.1. The molecule has 1 atom stereocenters. The number of nitrogens with two attached hydrogens (primary N) is 1. The summed E-state index contributed by atoms with van der Waals surface area (Å²) >= 11 is 1.61. The molecule has 0 fully saturated rings. The minimum atomic E-state index is 0.0346. The summed E-state index contributed by atoms with van der Waals surface area (Å²) in [6, 6.07) is 0.0346. The molecule has 0 aliphatic rings. The molecule has 1 unspecified atom stereocenters. The van der Waals surface area contributed by atoms with Crippen LogP contribution < -0.4 is 16.6 Å². The molecule has 0 spiro atoms. The van der Waals surface area contributed by atoms with Crippen LogP contribution in [-0.4, -0.2) is 25.1 Å². The quantitative estimate of drug-likeness (QED) is 0.425. The number of anilines is 2. The van der Waals surface area contributed by atoms with Crippen molar-refractivity contribution in [3.05, 3.63) is 22.3 Å². The Bertz CT molecular complexity index is 733. The molecule has 0 saturated heterocycles. The number of rotatable bonds is 4. The fourth-order valence-electron chi connectivity index (χ4n) is 1.85. The lowest BCUT2D eigenvalue weighted by atomic mass is 10.3. The van der Waals surface area contributed by atoms with Crippen LogP contribution in [0.2, 0.25) is 0 Å². The van der Waals surface area contributed by atoms with E-state index in [9.17, 15) is 0 Å². The van der Waals surface area contributed by atoms with E-state index in [1.54, 1.807) is 17.5 Å². The molecule has 0 aliphatic heterocycles. The van der Waals surface area contributed by atoms with E-state index in [2.05, 4.69) is 35.9 Å². The fourth-order valence-corrected chi connectivity index (χ4v) is 2.65. The monoisotopic (exact) mass is 290 g/mol. The average molecular weight is 290 g/mol. The molecule has 104 valence electrons. The number of fused-ring (bicyclic) bond motifs is 1. The Morgan fingerprint density at radius 2 is 2.20 bits per heavy atom. The van der Waals surface area contributed by atoms with Crippen molar-refractivity contribution in [2.75, 3.05) is 10.7 Å². The number of thiazole rings is 1. The molecule has 8 nitrogen and oxygen atoms in total. The van der Waals surface area contributed by atoms with Gasteiger partial charge in [-0.2, -0.15) is 15.1 Å². The largest absolute Gasteiger partial charge is 0.360 e. The first kappa shape index (κ1) is 12.8. The van der Waals surface area contributed by atoms with E-state index in [0.29, 0.717) is 17.4 Å². The van der Waals surface area contributed by atoms with E-state index in [-0.39, 0.29) is 6.04 Å². The second-order valence-electron chi connectivity index (χ2n) is 4.37. The van der Waals surface area contributed by atoms with Gasteiger partial charge in [0.25, 0.3) is 0 Å². The predicted molar refractivity (Wildman–Crippen MR) is 78.4 cm³/mol. The maximum absolute atomic E-state index is 5.38. The summed E-state index contributed by atoms with van der Waals surface area (Å²) in [5.41, 5.74) is 4.08. The normalized spacial score (nSPS) is 12.6. The fraction of sp³-hybridized carbons (Fsp3) is 0.273. The molecule has 5 N–H and O–H groups in total. The number of hydrogen-bond acceptors (Lipinski definition) is 8. The van der Waals surface area contributed by atoms with E-state index in [1.165, 1.54) is 0 Å². The highest BCUT2D eigenvalue weighted by atomic mass is 32.1. The molecule has 3 heterocycles. The van der Waals surface area contributed by atoms with Gasteiger partial charge in [-0.25, -0.2) is 10.8 Å². The summed E-state index contributed by atoms with van der Waals surface area (Å²) in [6.45, 7) is 4.00.